The van der Waals surface area contributed by atoms with Gasteiger partial charge in [-0.1, -0.05) is 36.4 Å². The highest BCUT2D eigenvalue weighted by atomic mass is 19.1. The Morgan fingerprint density at radius 1 is 1.00 bits per heavy atom. The predicted molar refractivity (Wildman–Crippen MR) is 105 cm³/mol. The Balaban J connectivity index is 2.06. The minimum Gasteiger partial charge on any atom is -0.350 e. The van der Waals surface area contributed by atoms with E-state index in [1.807, 2.05) is 57.2 Å². The molecule has 0 spiro atoms. The second-order valence-corrected chi connectivity index (χ2v) is 7.10. The molecule has 3 rings (SSSR count). The van der Waals surface area contributed by atoms with Crippen molar-refractivity contribution in [3.8, 4) is 17.3 Å². The summed E-state index contributed by atoms with van der Waals surface area (Å²) in [7, 11) is 0. The molecule has 0 saturated heterocycles. The predicted octanol–water partition coefficient (Wildman–Crippen LogP) is 5.11. The van der Waals surface area contributed by atoms with E-state index in [0.717, 1.165) is 11.3 Å². The van der Waals surface area contributed by atoms with Crippen LogP contribution < -0.4 is 10.6 Å². The summed E-state index contributed by atoms with van der Waals surface area (Å²) < 4.78 is 13.9. The van der Waals surface area contributed by atoms with Gasteiger partial charge < -0.3 is 10.6 Å². The van der Waals surface area contributed by atoms with Crippen molar-refractivity contribution >= 4 is 17.5 Å². The summed E-state index contributed by atoms with van der Waals surface area (Å²) in [5, 5.41) is 15.5. The number of rotatable bonds is 4. The lowest BCUT2D eigenvalue weighted by Crippen LogP contribution is -2.27. The number of nitrogens with zero attached hydrogens (tertiary/aromatic N) is 3. The van der Waals surface area contributed by atoms with Crippen LogP contribution in [-0.2, 0) is 0 Å². The van der Waals surface area contributed by atoms with Gasteiger partial charge in [0.2, 0.25) is 5.95 Å². The van der Waals surface area contributed by atoms with Crippen molar-refractivity contribution in [2.75, 3.05) is 10.6 Å². The monoisotopic (exact) mass is 361 g/mol. The van der Waals surface area contributed by atoms with Gasteiger partial charge in [-0.2, -0.15) is 10.2 Å². The summed E-state index contributed by atoms with van der Waals surface area (Å²) >= 11 is 0. The van der Waals surface area contributed by atoms with Crippen LogP contribution in [0.3, 0.4) is 0 Å². The van der Waals surface area contributed by atoms with E-state index in [1.165, 1.54) is 6.07 Å². The van der Waals surface area contributed by atoms with Crippen LogP contribution in [-0.4, -0.2) is 15.5 Å². The lowest BCUT2D eigenvalue weighted by atomic mass is 10.1. The lowest BCUT2D eigenvalue weighted by Gasteiger charge is -2.21. The van der Waals surface area contributed by atoms with Crippen molar-refractivity contribution in [2.45, 2.75) is 26.3 Å². The van der Waals surface area contributed by atoms with Gasteiger partial charge in [-0.15, -0.1) is 0 Å². The maximum absolute atomic E-state index is 13.9. The van der Waals surface area contributed by atoms with Gasteiger partial charge in [0.25, 0.3) is 0 Å². The van der Waals surface area contributed by atoms with Crippen molar-refractivity contribution in [2.24, 2.45) is 0 Å². The van der Waals surface area contributed by atoms with Crippen LogP contribution in [0, 0.1) is 17.1 Å². The van der Waals surface area contributed by atoms with Crippen molar-refractivity contribution in [3.63, 3.8) is 0 Å². The number of halogens is 1. The number of hydrogen-bond acceptors (Lipinski definition) is 5. The van der Waals surface area contributed by atoms with Crippen LogP contribution in [0.5, 0.6) is 0 Å². The Kier molecular flexibility index (Phi) is 5.04. The molecule has 1 heterocycles. The summed E-state index contributed by atoms with van der Waals surface area (Å²) in [5.74, 6) is 0.340. The molecule has 27 heavy (non-hydrogen) atoms. The van der Waals surface area contributed by atoms with E-state index in [0.29, 0.717) is 17.5 Å². The maximum atomic E-state index is 13.9. The van der Waals surface area contributed by atoms with Crippen molar-refractivity contribution in [1.82, 2.24) is 9.97 Å². The number of hydrogen-bond donors (Lipinski definition) is 2. The van der Waals surface area contributed by atoms with Gasteiger partial charge in [-0.25, -0.2) is 9.37 Å². The summed E-state index contributed by atoms with van der Waals surface area (Å²) in [6.07, 6.45) is 0. The van der Waals surface area contributed by atoms with E-state index in [1.54, 1.807) is 18.2 Å². The molecule has 3 aromatic rings. The van der Waals surface area contributed by atoms with Gasteiger partial charge in [0.1, 0.15) is 23.3 Å². The molecule has 1 aromatic heterocycles. The topological polar surface area (TPSA) is 73.6 Å². The van der Waals surface area contributed by atoms with Gasteiger partial charge >= 0.3 is 0 Å². The maximum Gasteiger partial charge on any atom is 0.225 e. The fourth-order valence-electron chi connectivity index (χ4n) is 2.54. The highest BCUT2D eigenvalue weighted by Gasteiger charge is 2.15. The fraction of sp³-hybridized carbons (Fsp3) is 0.190. The van der Waals surface area contributed by atoms with Crippen molar-refractivity contribution in [3.05, 3.63) is 66.0 Å². The molecule has 0 bridgehead atoms. The SMILES string of the molecule is CC(C)(C)Nc1nc(Nc2cccc(F)c2C#N)cc(-c2ccccc2)n1. The zero-order valence-electron chi connectivity index (χ0n) is 15.4. The highest BCUT2D eigenvalue weighted by molar-refractivity contribution is 5.70. The Labute approximate surface area is 157 Å². The molecule has 0 radical (unpaired) electrons. The number of nitrogens with one attached hydrogen (secondary N) is 2. The first kappa shape index (κ1) is 18.3. The molecule has 5 nitrogen and oxygen atoms in total. The van der Waals surface area contributed by atoms with E-state index in [2.05, 4.69) is 20.6 Å². The molecule has 0 atom stereocenters. The van der Waals surface area contributed by atoms with E-state index in [4.69, 9.17) is 0 Å². The van der Waals surface area contributed by atoms with Crippen LogP contribution >= 0.6 is 0 Å². The first-order valence-corrected chi connectivity index (χ1v) is 8.54. The van der Waals surface area contributed by atoms with Crippen molar-refractivity contribution < 1.29 is 4.39 Å². The van der Waals surface area contributed by atoms with E-state index in [9.17, 15) is 9.65 Å². The number of benzene rings is 2. The molecular weight excluding hydrogens is 341 g/mol. The molecule has 0 aliphatic carbocycles. The highest BCUT2D eigenvalue weighted by Crippen LogP contribution is 2.26. The first-order chi connectivity index (χ1) is 12.9. The summed E-state index contributed by atoms with van der Waals surface area (Å²) in [6, 6.07) is 17.8. The minimum atomic E-state index is -0.576. The summed E-state index contributed by atoms with van der Waals surface area (Å²) in [6.45, 7) is 6.04. The third kappa shape index (κ3) is 4.59. The largest absolute Gasteiger partial charge is 0.350 e. The van der Waals surface area contributed by atoms with Gasteiger partial charge in [0.15, 0.2) is 0 Å². The Bertz CT molecular complexity index is 988. The minimum absolute atomic E-state index is 0.0531. The van der Waals surface area contributed by atoms with Crippen LogP contribution in [0.1, 0.15) is 26.3 Å². The van der Waals surface area contributed by atoms with Gasteiger partial charge in [0.05, 0.1) is 11.4 Å². The normalized spacial score (nSPS) is 10.9. The fourth-order valence-corrected chi connectivity index (χ4v) is 2.54. The smallest absolute Gasteiger partial charge is 0.225 e. The Morgan fingerprint density at radius 3 is 2.41 bits per heavy atom. The van der Waals surface area contributed by atoms with E-state index in [-0.39, 0.29) is 11.1 Å². The quantitative estimate of drug-likeness (QED) is 0.676. The average Bonchev–Trinajstić information content (AvgIpc) is 2.61. The van der Waals surface area contributed by atoms with Gasteiger partial charge in [-0.3, -0.25) is 0 Å². The zero-order valence-corrected chi connectivity index (χ0v) is 15.4. The molecule has 2 N–H and O–H groups in total. The Morgan fingerprint density at radius 2 is 1.74 bits per heavy atom. The van der Waals surface area contributed by atoms with Crippen LogP contribution in [0.15, 0.2) is 54.6 Å². The van der Waals surface area contributed by atoms with Crippen LogP contribution in [0.4, 0.5) is 21.8 Å². The van der Waals surface area contributed by atoms with Gasteiger partial charge in [-0.05, 0) is 32.9 Å². The van der Waals surface area contributed by atoms with Crippen LogP contribution in [0.2, 0.25) is 0 Å². The molecule has 0 aliphatic heterocycles. The standard InChI is InChI=1S/C21H20FN5/c1-21(2,3)27-20-25-18(14-8-5-4-6-9-14)12-19(26-20)24-17-11-7-10-16(22)15(17)13-23/h4-12H,1-3H3,(H2,24,25,26,27). The van der Waals surface area contributed by atoms with E-state index < -0.39 is 5.82 Å². The molecule has 136 valence electrons. The average molecular weight is 361 g/mol. The third-order valence-corrected chi connectivity index (χ3v) is 3.67. The summed E-state index contributed by atoms with van der Waals surface area (Å²) in [5.41, 5.74) is 1.72. The first-order valence-electron chi connectivity index (χ1n) is 8.54. The van der Waals surface area contributed by atoms with E-state index >= 15 is 0 Å². The second-order valence-electron chi connectivity index (χ2n) is 7.10. The Hall–Kier alpha value is -3.46. The van der Waals surface area contributed by atoms with Crippen LogP contribution in [0.25, 0.3) is 11.3 Å². The molecule has 0 unspecified atom stereocenters. The molecular formula is C21H20FN5. The second kappa shape index (κ2) is 7.42. The zero-order chi connectivity index (χ0) is 19.4. The number of aromatic nitrogens is 2. The third-order valence-electron chi connectivity index (χ3n) is 3.67. The molecule has 0 fully saturated rings. The summed E-state index contributed by atoms with van der Waals surface area (Å²) in [4.78, 5) is 9.07. The molecule has 0 amide bonds. The molecule has 0 aliphatic rings. The molecule has 6 heteroatoms. The van der Waals surface area contributed by atoms with Crippen molar-refractivity contribution in [1.29, 1.82) is 5.26 Å². The number of nitriles is 1. The molecule has 2 aromatic carbocycles. The number of anilines is 3. The molecule has 0 saturated carbocycles. The lowest BCUT2D eigenvalue weighted by molar-refractivity contribution is 0.624. The van der Waals surface area contributed by atoms with Gasteiger partial charge in [0, 0.05) is 17.2 Å².